The Kier molecular flexibility index (Phi) is 7.32. The SMILES string of the molecule is CC(Oc1ccccc1Cl)C(=O)NCCCc1ccc(C(C)C)cc1. The minimum atomic E-state index is -0.578. The Morgan fingerprint density at radius 2 is 1.76 bits per heavy atom. The first-order valence-electron chi connectivity index (χ1n) is 8.75. The van der Waals surface area contributed by atoms with Crippen molar-refractivity contribution in [2.75, 3.05) is 6.54 Å². The molecule has 0 bridgehead atoms. The summed E-state index contributed by atoms with van der Waals surface area (Å²) in [7, 11) is 0. The Hall–Kier alpha value is -2.00. The number of para-hydroxylation sites is 1. The number of hydrogen-bond donors (Lipinski definition) is 1. The molecule has 1 atom stereocenters. The third-order valence-corrected chi connectivity index (χ3v) is 4.41. The van der Waals surface area contributed by atoms with Gasteiger partial charge in [-0.25, -0.2) is 0 Å². The Morgan fingerprint density at radius 1 is 1.08 bits per heavy atom. The fourth-order valence-electron chi connectivity index (χ4n) is 2.50. The lowest BCUT2D eigenvalue weighted by Gasteiger charge is -2.15. The highest BCUT2D eigenvalue weighted by molar-refractivity contribution is 6.32. The molecule has 2 aromatic rings. The number of carbonyl (C=O) groups is 1. The summed E-state index contributed by atoms with van der Waals surface area (Å²) < 4.78 is 5.61. The van der Waals surface area contributed by atoms with Gasteiger partial charge in [0, 0.05) is 6.54 Å². The van der Waals surface area contributed by atoms with Gasteiger partial charge in [-0.2, -0.15) is 0 Å². The van der Waals surface area contributed by atoms with Gasteiger partial charge in [0.1, 0.15) is 5.75 Å². The average molecular weight is 360 g/mol. The van der Waals surface area contributed by atoms with Crippen LogP contribution in [0.15, 0.2) is 48.5 Å². The highest BCUT2D eigenvalue weighted by Crippen LogP contribution is 2.24. The fourth-order valence-corrected chi connectivity index (χ4v) is 2.68. The summed E-state index contributed by atoms with van der Waals surface area (Å²) in [6.07, 6.45) is 1.26. The van der Waals surface area contributed by atoms with E-state index in [0.717, 1.165) is 12.8 Å². The third kappa shape index (κ3) is 6.09. The van der Waals surface area contributed by atoms with E-state index < -0.39 is 6.10 Å². The third-order valence-electron chi connectivity index (χ3n) is 4.10. The van der Waals surface area contributed by atoms with Gasteiger partial charge in [0.2, 0.25) is 0 Å². The smallest absolute Gasteiger partial charge is 0.260 e. The first-order valence-corrected chi connectivity index (χ1v) is 9.13. The van der Waals surface area contributed by atoms with E-state index in [1.54, 1.807) is 19.1 Å². The van der Waals surface area contributed by atoms with Crippen LogP contribution in [0, 0.1) is 0 Å². The molecule has 25 heavy (non-hydrogen) atoms. The summed E-state index contributed by atoms with van der Waals surface area (Å²) in [4.78, 5) is 12.1. The molecule has 1 unspecified atom stereocenters. The number of carbonyl (C=O) groups excluding carboxylic acids is 1. The lowest BCUT2D eigenvalue weighted by Crippen LogP contribution is -2.37. The van der Waals surface area contributed by atoms with Gasteiger partial charge in [0.05, 0.1) is 5.02 Å². The zero-order chi connectivity index (χ0) is 18.2. The van der Waals surface area contributed by atoms with Crippen molar-refractivity contribution in [1.82, 2.24) is 5.32 Å². The molecule has 1 N–H and O–H groups in total. The van der Waals surface area contributed by atoms with E-state index in [4.69, 9.17) is 16.3 Å². The van der Waals surface area contributed by atoms with Crippen LogP contribution in [-0.4, -0.2) is 18.6 Å². The van der Waals surface area contributed by atoms with Gasteiger partial charge < -0.3 is 10.1 Å². The summed E-state index contributed by atoms with van der Waals surface area (Å²) in [6, 6.07) is 15.8. The van der Waals surface area contributed by atoms with Crippen LogP contribution in [0.2, 0.25) is 5.02 Å². The van der Waals surface area contributed by atoms with Crippen LogP contribution in [0.1, 0.15) is 44.2 Å². The molecule has 0 saturated carbocycles. The van der Waals surface area contributed by atoms with Crippen molar-refractivity contribution in [2.45, 2.75) is 45.6 Å². The van der Waals surface area contributed by atoms with Crippen LogP contribution >= 0.6 is 11.6 Å². The van der Waals surface area contributed by atoms with Crippen LogP contribution in [0.25, 0.3) is 0 Å². The molecule has 134 valence electrons. The molecule has 2 aromatic carbocycles. The molecule has 0 fully saturated rings. The number of halogens is 1. The first kappa shape index (κ1) is 19.3. The summed E-state index contributed by atoms with van der Waals surface area (Å²) in [5.74, 6) is 0.945. The van der Waals surface area contributed by atoms with Gasteiger partial charge in [-0.05, 0) is 48.9 Å². The number of rotatable bonds is 8. The molecule has 0 aliphatic rings. The molecule has 0 saturated heterocycles. The molecule has 0 aliphatic carbocycles. The lowest BCUT2D eigenvalue weighted by molar-refractivity contribution is -0.127. The van der Waals surface area contributed by atoms with Gasteiger partial charge >= 0.3 is 0 Å². The number of amides is 1. The summed E-state index contributed by atoms with van der Waals surface area (Å²) >= 11 is 6.04. The summed E-state index contributed by atoms with van der Waals surface area (Å²) in [5.41, 5.74) is 2.64. The molecule has 0 aliphatic heterocycles. The molecule has 0 aromatic heterocycles. The van der Waals surface area contributed by atoms with E-state index >= 15 is 0 Å². The van der Waals surface area contributed by atoms with E-state index in [2.05, 4.69) is 43.4 Å². The van der Waals surface area contributed by atoms with Gasteiger partial charge in [-0.3, -0.25) is 4.79 Å². The number of benzene rings is 2. The minimum absolute atomic E-state index is 0.130. The van der Waals surface area contributed by atoms with Crippen molar-refractivity contribution in [3.63, 3.8) is 0 Å². The van der Waals surface area contributed by atoms with Crippen molar-refractivity contribution in [1.29, 1.82) is 0 Å². The number of nitrogens with one attached hydrogen (secondary N) is 1. The summed E-state index contributed by atoms with van der Waals surface area (Å²) in [6.45, 7) is 6.73. The number of ether oxygens (including phenoxy) is 1. The normalized spacial score (nSPS) is 12.0. The maximum atomic E-state index is 12.1. The van der Waals surface area contributed by atoms with Gasteiger partial charge in [0.15, 0.2) is 6.10 Å². The Morgan fingerprint density at radius 3 is 2.40 bits per heavy atom. The molecule has 0 spiro atoms. The fraction of sp³-hybridized carbons (Fsp3) is 0.381. The zero-order valence-electron chi connectivity index (χ0n) is 15.1. The van der Waals surface area contributed by atoms with E-state index in [1.807, 2.05) is 12.1 Å². The molecule has 0 heterocycles. The maximum absolute atomic E-state index is 12.1. The average Bonchev–Trinajstić information content (AvgIpc) is 2.60. The van der Waals surface area contributed by atoms with Crippen molar-refractivity contribution in [3.8, 4) is 5.75 Å². The Labute approximate surface area is 155 Å². The number of aryl methyl sites for hydroxylation is 1. The first-order chi connectivity index (χ1) is 12.0. The highest BCUT2D eigenvalue weighted by atomic mass is 35.5. The highest BCUT2D eigenvalue weighted by Gasteiger charge is 2.15. The minimum Gasteiger partial charge on any atom is -0.479 e. The lowest BCUT2D eigenvalue weighted by atomic mass is 10.0. The topological polar surface area (TPSA) is 38.3 Å². The van der Waals surface area contributed by atoms with Crippen LogP contribution < -0.4 is 10.1 Å². The van der Waals surface area contributed by atoms with Crippen LogP contribution in [-0.2, 0) is 11.2 Å². The molecule has 4 heteroatoms. The largest absolute Gasteiger partial charge is 0.479 e. The van der Waals surface area contributed by atoms with Crippen LogP contribution in [0.5, 0.6) is 5.75 Å². The zero-order valence-corrected chi connectivity index (χ0v) is 15.8. The van der Waals surface area contributed by atoms with Gasteiger partial charge in [-0.1, -0.05) is 61.8 Å². The Balaban J connectivity index is 1.72. The predicted octanol–water partition coefficient (Wildman–Crippen LogP) is 4.98. The van der Waals surface area contributed by atoms with Crippen molar-refractivity contribution < 1.29 is 9.53 Å². The Bertz CT molecular complexity index is 683. The van der Waals surface area contributed by atoms with Crippen molar-refractivity contribution in [2.24, 2.45) is 0 Å². The van der Waals surface area contributed by atoms with E-state index in [1.165, 1.54) is 11.1 Å². The van der Waals surface area contributed by atoms with Gasteiger partial charge in [0.25, 0.3) is 5.91 Å². The molecular weight excluding hydrogens is 334 g/mol. The van der Waals surface area contributed by atoms with E-state index in [0.29, 0.717) is 23.2 Å². The molecule has 2 rings (SSSR count). The maximum Gasteiger partial charge on any atom is 0.260 e. The molecule has 0 radical (unpaired) electrons. The predicted molar refractivity (Wildman–Crippen MR) is 103 cm³/mol. The van der Waals surface area contributed by atoms with Crippen molar-refractivity contribution >= 4 is 17.5 Å². The molecular formula is C21H26ClNO2. The van der Waals surface area contributed by atoms with E-state index in [9.17, 15) is 4.79 Å². The van der Waals surface area contributed by atoms with Gasteiger partial charge in [-0.15, -0.1) is 0 Å². The monoisotopic (exact) mass is 359 g/mol. The number of hydrogen-bond acceptors (Lipinski definition) is 2. The van der Waals surface area contributed by atoms with Crippen LogP contribution in [0.3, 0.4) is 0 Å². The standard InChI is InChI=1S/C21H26ClNO2/c1-15(2)18-12-10-17(11-13-18)7-6-14-23-21(24)16(3)25-20-9-5-4-8-19(20)22/h4-5,8-13,15-16H,6-7,14H2,1-3H3,(H,23,24). The second-order valence-electron chi connectivity index (χ2n) is 6.48. The van der Waals surface area contributed by atoms with Crippen molar-refractivity contribution in [3.05, 3.63) is 64.7 Å². The second-order valence-corrected chi connectivity index (χ2v) is 6.89. The quantitative estimate of drug-likeness (QED) is 0.675. The molecule has 3 nitrogen and oxygen atoms in total. The summed E-state index contributed by atoms with van der Waals surface area (Å²) in [5, 5.41) is 3.42. The second kappa shape index (κ2) is 9.47. The van der Waals surface area contributed by atoms with E-state index in [-0.39, 0.29) is 5.91 Å². The van der Waals surface area contributed by atoms with Crippen LogP contribution in [0.4, 0.5) is 0 Å². The molecule has 1 amide bonds.